The highest BCUT2D eigenvalue weighted by Crippen LogP contribution is 2.14. The summed E-state index contributed by atoms with van der Waals surface area (Å²) in [5, 5.41) is 15.0. The van der Waals surface area contributed by atoms with Gasteiger partial charge in [-0.2, -0.15) is 0 Å². The van der Waals surface area contributed by atoms with Crippen LogP contribution in [0.5, 0.6) is 0 Å². The molecule has 1 rings (SSSR count). The van der Waals surface area contributed by atoms with Crippen LogP contribution in [0.2, 0.25) is 0 Å². The Balaban J connectivity index is 2.55. The minimum absolute atomic E-state index is 0.124. The molecule has 0 radical (unpaired) electrons. The first-order valence-corrected chi connectivity index (χ1v) is 9.68. The summed E-state index contributed by atoms with van der Waals surface area (Å²) < 4.78 is 0. The summed E-state index contributed by atoms with van der Waals surface area (Å²) in [6, 6.07) is 9.00. The monoisotopic (exact) mass is 362 g/mol. The molecule has 0 unspecified atom stereocenters. The Kier molecular flexibility index (Phi) is 10.6. The highest BCUT2D eigenvalue weighted by atomic mass is 16.3. The van der Waals surface area contributed by atoms with Crippen molar-refractivity contribution in [1.82, 2.24) is 10.6 Å². The Morgan fingerprint density at radius 3 is 2.38 bits per heavy atom. The number of carbonyl (C=O) groups is 2. The number of nitrogens with one attached hydrogen (secondary N) is 2. The van der Waals surface area contributed by atoms with Gasteiger partial charge in [-0.3, -0.25) is 9.59 Å². The zero-order chi connectivity index (χ0) is 19.4. The van der Waals surface area contributed by atoms with Crippen molar-refractivity contribution in [2.75, 3.05) is 13.2 Å². The number of carbonyl (C=O) groups excluding carboxylic acids is 2. The van der Waals surface area contributed by atoms with Crippen LogP contribution >= 0.6 is 0 Å². The molecule has 0 bridgehead atoms. The molecular weight excluding hydrogens is 328 g/mol. The molecule has 5 heteroatoms. The number of rotatable bonds is 12. The van der Waals surface area contributed by atoms with Crippen LogP contribution < -0.4 is 10.6 Å². The van der Waals surface area contributed by atoms with Crippen LogP contribution in [-0.4, -0.2) is 36.1 Å². The van der Waals surface area contributed by atoms with E-state index in [1.807, 2.05) is 37.3 Å². The van der Waals surface area contributed by atoms with Crippen LogP contribution in [0.4, 0.5) is 0 Å². The van der Waals surface area contributed by atoms with Gasteiger partial charge in [0.15, 0.2) is 0 Å². The maximum Gasteiger partial charge on any atom is 0.242 e. The Bertz CT molecular complexity index is 531. The normalized spacial score (nSPS) is 13.3. The zero-order valence-electron chi connectivity index (χ0n) is 16.3. The third kappa shape index (κ3) is 8.99. The van der Waals surface area contributed by atoms with Gasteiger partial charge in [-0.1, -0.05) is 57.5 Å². The second-order valence-corrected chi connectivity index (χ2v) is 7.32. The average molecular weight is 363 g/mol. The van der Waals surface area contributed by atoms with Gasteiger partial charge < -0.3 is 15.7 Å². The lowest BCUT2D eigenvalue weighted by molar-refractivity contribution is -0.129. The van der Waals surface area contributed by atoms with Gasteiger partial charge in [0, 0.05) is 13.2 Å². The van der Waals surface area contributed by atoms with Gasteiger partial charge in [-0.05, 0) is 36.7 Å². The van der Waals surface area contributed by atoms with E-state index in [2.05, 4.69) is 24.5 Å². The van der Waals surface area contributed by atoms with Crippen LogP contribution in [0, 0.1) is 11.8 Å². The quantitative estimate of drug-likeness (QED) is 0.535. The number of hydrogen-bond acceptors (Lipinski definition) is 3. The van der Waals surface area contributed by atoms with Gasteiger partial charge in [0.1, 0.15) is 6.04 Å². The second-order valence-electron chi connectivity index (χ2n) is 7.32. The molecule has 3 N–H and O–H groups in total. The molecule has 0 aliphatic carbocycles. The highest BCUT2D eigenvalue weighted by Gasteiger charge is 2.21. The molecule has 146 valence electrons. The van der Waals surface area contributed by atoms with Crippen molar-refractivity contribution in [2.45, 2.75) is 58.9 Å². The topological polar surface area (TPSA) is 78.4 Å². The Hall–Kier alpha value is -1.88. The molecule has 0 saturated heterocycles. The fourth-order valence-electron chi connectivity index (χ4n) is 3.10. The van der Waals surface area contributed by atoms with Gasteiger partial charge in [0.2, 0.25) is 11.8 Å². The number of benzene rings is 1. The summed E-state index contributed by atoms with van der Waals surface area (Å²) in [7, 11) is 0. The largest absolute Gasteiger partial charge is 0.396 e. The van der Waals surface area contributed by atoms with Gasteiger partial charge in [0.05, 0.1) is 6.42 Å². The SMILES string of the molecule is CCC[C@@H](NC(=O)Cc1ccccc1)C(=O)NC[C@@H](CCO)CC(C)C. The van der Waals surface area contributed by atoms with Crippen molar-refractivity contribution in [3.63, 3.8) is 0 Å². The number of hydrogen-bond donors (Lipinski definition) is 3. The summed E-state index contributed by atoms with van der Waals surface area (Å²) in [5.74, 6) is 0.491. The smallest absolute Gasteiger partial charge is 0.242 e. The van der Waals surface area contributed by atoms with Crippen molar-refractivity contribution in [2.24, 2.45) is 11.8 Å². The standard InChI is InChI=1S/C21H34N2O3/c1-4-8-19(23-20(25)14-17-9-6-5-7-10-17)21(26)22-15-18(11-12-24)13-16(2)3/h5-7,9-10,16,18-19,24H,4,8,11-15H2,1-3H3,(H,22,26)(H,23,25)/t18-,19+/m0/s1. The summed E-state index contributed by atoms with van der Waals surface area (Å²) in [6.07, 6.45) is 3.34. The van der Waals surface area contributed by atoms with E-state index in [1.165, 1.54) is 0 Å². The molecule has 0 aromatic heterocycles. The molecule has 1 aromatic rings. The van der Waals surface area contributed by atoms with E-state index in [0.29, 0.717) is 25.3 Å². The first-order valence-electron chi connectivity index (χ1n) is 9.68. The van der Waals surface area contributed by atoms with Crippen LogP contribution in [0.15, 0.2) is 30.3 Å². The van der Waals surface area contributed by atoms with Crippen LogP contribution in [0.25, 0.3) is 0 Å². The van der Waals surface area contributed by atoms with Gasteiger partial charge >= 0.3 is 0 Å². The number of amides is 2. The number of aliphatic hydroxyl groups excluding tert-OH is 1. The summed E-state index contributed by atoms with van der Waals surface area (Å²) in [6.45, 7) is 6.93. The predicted octanol–water partition coefficient (Wildman–Crippen LogP) is 2.67. The molecular formula is C21H34N2O3. The third-order valence-corrected chi connectivity index (χ3v) is 4.34. The van der Waals surface area contributed by atoms with Crippen LogP contribution in [-0.2, 0) is 16.0 Å². The molecule has 0 heterocycles. The van der Waals surface area contributed by atoms with Gasteiger partial charge in [-0.25, -0.2) is 0 Å². The van der Waals surface area contributed by atoms with Crippen LogP contribution in [0.3, 0.4) is 0 Å². The molecule has 0 aliphatic rings. The molecule has 5 nitrogen and oxygen atoms in total. The maximum atomic E-state index is 12.5. The summed E-state index contributed by atoms with van der Waals surface area (Å²) in [4.78, 5) is 24.8. The Morgan fingerprint density at radius 2 is 1.81 bits per heavy atom. The van der Waals surface area contributed by atoms with E-state index in [1.54, 1.807) is 0 Å². The first-order chi connectivity index (χ1) is 12.5. The lowest BCUT2D eigenvalue weighted by Crippen LogP contribution is -2.48. The van der Waals surface area contributed by atoms with Crippen molar-refractivity contribution in [3.05, 3.63) is 35.9 Å². The molecule has 1 aromatic carbocycles. The fourth-order valence-corrected chi connectivity index (χ4v) is 3.10. The van der Waals surface area contributed by atoms with E-state index in [-0.39, 0.29) is 30.8 Å². The molecule has 2 amide bonds. The maximum absolute atomic E-state index is 12.5. The summed E-state index contributed by atoms with van der Waals surface area (Å²) in [5.41, 5.74) is 0.931. The molecule has 26 heavy (non-hydrogen) atoms. The minimum Gasteiger partial charge on any atom is -0.396 e. The van der Waals surface area contributed by atoms with E-state index in [9.17, 15) is 14.7 Å². The lowest BCUT2D eigenvalue weighted by atomic mass is 9.94. The second kappa shape index (κ2) is 12.5. The molecule has 0 fully saturated rings. The van der Waals surface area contributed by atoms with Gasteiger partial charge in [-0.15, -0.1) is 0 Å². The van der Waals surface area contributed by atoms with Crippen molar-refractivity contribution < 1.29 is 14.7 Å². The minimum atomic E-state index is -0.509. The van der Waals surface area contributed by atoms with E-state index in [0.717, 1.165) is 18.4 Å². The predicted molar refractivity (Wildman–Crippen MR) is 105 cm³/mol. The van der Waals surface area contributed by atoms with E-state index < -0.39 is 6.04 Å². The number of aliphatic hydroxyl groups is 1. The molecule has 0 saturated carbocycles. The highest BCUT2D eigenvalue weighted by molar-refractivity contribution is 5.88. The Labute approximate surface area is 157 Å². The van der Waals surface area contributed by atoms with Crippen LogP contribution in [0.1, 0.15) is 52.0 Å². The Morgan fingerprint density at radius 1 is 1.12 bits per heavy atom. The molecule has 2 atom stereocenters. The first kappa shape index (κ1) is 22.2. The van der Waals surface area contributed by atoms with Gasteiger partial charge in [0.25, 0.3) is 0 Å². The molecule has 0 spiro atoms. The molecule has 0 aliphatic heterocycles. The van der Waals surface area contributed by atoms with Crippen molar-refractivity contribution >= 4 is 11.8 Å². The summed E-state index contributed by atoms with van der Waals surface area (Å²) >= 11 is 0. The van der Waals surface area contributed by atoms with Crippen molar-refractivity contribution in [3.8, 4) is 0 Å². The zero-order valence-corrected chi connectivity index (χ0v) is 16.3. The third-order valence-electron chi connectivity index (χ3n) is 4.34. The average Bonchev–Trinajstić information content (AvgIpc) is 2.59. The van der Waals surface area contributed by atoms with E-state index >= 15 is 0 Å². The van der Waals surface area contributed by atoms with Crippen molar-refractivity contribution in [1.29, 1.82) is 0 Å². The lowest BCUT2D eigenvalue weighted by Gasteiger charge is -2.22. The fraction of sp³-hybridized carbons (Fsp3) is 0.619. The van der Waals surface area contributed by atoms with E-state index in [4.69, 9.17) is 0 Å².